The Morgan fingerprint density at radius 2 is 1.33 bits per heavy atom. The van der Waals surface area contributed by atoms with Crippen LogP contribution in [0, 0.1) is 11.3 Å². The molecule has 0 fully saturated rings. The zero-order valence-electron chi connectivity index (χ0n) is 13.7. The van der Waals surface area contributed by atoms with Crippen LogP contribution in [0.25, 0.3) is 5.57 Å². The molecule has 0 saturated carbocycles. The molecule has 140 valence electrons. The number of nitriles is 1. The minimum absolute atomic E-state index is 0.0121. The fourth-order valence-corrected chi connectivity index (χ4v) is 2.35. The van der Waals surface area contributed by atoms with Gasteiger partial charge in [-0.3, -0.25) is 4.79 Å². The molecule has 2 aromatic rings. The van der Waals surface area contributed by atoms with E-state index in [0.717, 1.165) is 6.92 Å². The van der Waals surface area contributed by atoms with Crippen molar-refractivity contribution in [3.8, 4) is 6.07 Å². The minimum Gasteiger partial charge on any atom is -0.288 e. The maximum atomic E-state index is 13.0. The first-order valence-electron chi connectivity index (χ1n) is 7.45. The maximum absolute atomic E-state index is 13.0. The Kier molecular flexibility index (Phi) is 5.45. The van der Waals surface area contributed by atoms with E-state index >= 15 is 0 Å². The fourth-order valence-electron chi connectivity index (χ4n) is 2.35. The van der Waals surface area contributed by atoms with Gasteiger partial charge < -0.3 is 0 Å². The van der Waals surface area contributed by atoms with Crippen LogP contribution in [0.15, 0.2) is 54.1 Å². The van der Waals surface area contributed by atoms with E-state index in [2.05, 4.69) is 0 Å². The number of carbonyl (C=O) groups excluding carboxylic acids is 1. The van der Waals surface area contributed by atoms with Gasteiger partial charge in [0.25, 0.3) is 0 Å². The summed E-state index contributed by atoms with van der Waals surface area (Å²) in [7, 11) is 0. The molecule has 2 nitrogen and oxygen atoms in total. The smallest absolute Gasteiger partial charge is 0.288 e. The van der Waals surface area contributed by atoms with Gasteiger partial charge in [-0.25, -0.2) is 0 Å². The van der Waals surface area contributed by atoms with Gasteiger partial charge in [0.15, 0.2) is 0 Å². The van der Waals surface area contributed by atoms with Crippen LogP contribution in [0.1, 0.15) is 34.0 Å². The largest absolute Gasteiger partial charge is 0.416 e. The van der Waals surface area contributed by atoms with Crippen molar-refractivity contribution in [2.75, 3.05) is 0 Å². The number of rotatable bonds is 3. The van der Waals surface area contributed by atoms with Crippen molar-refractivity contribution in [1.29, 1.82) is 5.26 Å². The van der Waals surface area contributed by atoms with Crippen LogP contribution in [-0.4, -0.2) is 5.78 Å². The van der Waals surface area contributed by atoms with Crippen LogP contribution < -0.4 is 0 Å². The second-order valence-corrected chi connectivity index (χ2v) is 5.60. The zero-order valence-corrected chi connectivity index (χ0v) is 13.7. The molecule has 27 heavy (non-hydrogen) atoms. The van der Waals surface area contributed by atoms with Gasteiger partial charge in [-0.15, -0.1) is 0 Å². The molecule has 0 amide bonds. The number of ketones is 1. The van der Waals surface area contributed by atoms with Crippen molar-refractivity contribution in [3.05, 3.63) is 76.4 Å². The van der Waals surface area contributed by atoms with Crippen molar-refractivity contribution >= 4 is 11.4 Å². The Morgan fingerprint density at radius 1 is 0.852 bits per heavy atom. The first-order chi connectivity index (χ1) is 12.4. The summed E-state index contributed by atoms with van der Waals surface area (Å²) in [6, 6.07) is 9.97. The third-order valence-corrected chi connectivity index (χ3v) is 3.77. The van der Waals surface area contributed by atoms with Crippen LogP contribution in [0.3, 0.4) is 0 Å². The van der Waals surface area contributed by atoms with Gasteiger partial charge in [0.2, 0.25) is 5.78 Å². The Balaban J connectivity index is 2.68. The summed E-state index contributed by atoms with van der Waals surface area (Å²) in [5, 5.41) is 9.27. The van der Waals surface area contributed by atoms with Crippen molar-refractivity contribution in [1.82, 2.24) is 0 Å². The average Bonchev–Trinajstić information content (AvgIpc) is 2.61. The highest BCUT2D eigenvalue weighted by atomic mass is 19.4. The highest BCUT2D eigenvalue weighted by Crippen LogP contribution is 2.38. The predicted octanol–water partition coefficient (Wildman–Crippen LogP) is 5.90. The van der Waals surface area contributed by atoms with Crippen molar-refractivity contribution in [2.24, 2.45) is 0 Å². The Bertz CT molecular complexity index is 901. The molecule has 0 heterocycles. The molecule has 2 aromatic carbocycles. The maximum Gasteiger partial charge on any atom is 0.416 e. The Hall–Kier alpha value is -3.08. The molecule has 0 unspecified atom stereocenters. The summed E-state index contributed by atoms with van der Waals surface area (Å²) in [6.07, 6.45) is -10.0. The molecule has 0 saturated heterocycles. The van der Waals surface area contributed by atoms with Gasteiger partial charge >= 0.3 is 12.4 Å². The van der Waals surface area contributed by atoms with Gasteiger partial charge in [-0.05, 0) is 36.3 Å². The SMILES string of the molecule is C/C(=C(\C#N)C(=O)c1ccccc1)c1cc(C(F)(F)F)cc(C(F)(F)F)c1. The van der Waals surface area contributed by atoms with Gasteiger partial charge in [0, 0.05) is 5.56 Å². The number of carbonyl (C=O) groups is 1. The number of hydrogen-bond donors (Lipinski definition) is 0. The summed E-state index contributed by atoms with van der Waals surface area (Å²) in [5.41, 5.74) is -4.25. The molecular formula is C19H11F6NO. The first-order valence-corrected chi connectivity index (χ1v) is 7.45. The van der Waals surface area contributed by atoms with Gasteiger partial charge in [0.05, 0.1) is 11.1 Å². The van der Waals surface area contributed by atoms with Crippen molar-refractivity contribution < 1.29 is 31.1 Å². The molecule has 0 aliphatic rings. The van der Waals surface area contributed by atoms with E-state index in [1.807, 2.05) is 0 Å². The summed E-state index contributed by atoms with van der Waals surface area (Å²) < 4.78 is 77.9. The van der Waals surface area contributed by atoms with Crippen molar-refractivity contribution in [3.63, 3.8) is 0 Å². The summed E-state index contributed by atoms with van der Waals surface area (Å²) in [6.45, 7) is 1.13. The molecule has 0 radical (unpaired) electrons. The van der Waals surface area contributed by atoms with Crippen LogP contribution >= 0.6 is 0 Å². The number of benzene rings is 2. The fraction of sp³-hybridized carbons (Fsp3) is 0.158. The van der Waals surface area contributed by atoms with E-state index in [9.17, 15) is 36.4 Å². The molecule has 0 bridgehead atoms. The molecule has 0 spiro atoms. The number of Topliss-reactive ketones (excluding diaryl/α,β-unsaturated/α-hetero) is 1. The van der Waals surface area contributed by atoms with Gasteiger partial charge in [-0.2, -0.15) is 31.6 Å². The van der Waals surface area contributed by atoms with Crippen LogP contribution in [0.4, 0.5) is 26.3 Å². The van der Waals surface area contributed by atoms with Gasteiger partial charge in [-0.1, -0.05) is 30.3 Å². The molecule has 0 aliphatic carbocycles. The number of hydrogen-bond acceptors (Lipinski definition) is 2. The topological polar surface area (TPSA) is 40.9 Å². The molecular weight excluding hydrogens is 372 g/mol. The number of allylic oxidation sites excluding steroid dienone is 2. The highest BCUT2D eigenvalue weighted by Gasteiger charge is 2.37. The van der Waals surface area contributed by atoms with Crippen LogP contribution in [-0.2, 0) is 12.4 Å². The summed E-state index contributed by atoms with van der Waals surface area (Å²) in [5.74, 6) is -0.790. The molecule has 0 atom stereocenters. The lowest BCUT2D eigenvalue weighted by atomic mass is 9.93. The van der Waals surface area contributed by atoms with E-state index in [1.165, 1.54) is 24.3 Å². The van der Waals surface area contributed by atoms with Gasteiger partial charge in [0.1, 0.15) is 11.6 Å². The lowest BCUT2D eigenvalue weighted by Crippen LogP contribution is -2.12. The van der Waals surface area contributed by atoms with E-state index in [1.54, 1.807) is 12.1 Å². The van der Waals surface area contributed by atoms with E-state index in [0.29, 0.717) is 12.1 Å². The van der Waals surface area contributed by atoms with Crippen molar-refractivity contribution in [2.45, 2.75) is 19.3 Å². The second kappa shape index (κ2) is 7.27. The van der Waals surface area contributed by atoms with E-state index in [-0.39, 0.29) is 17.2 Å². The normalized spacial score (nSPS) is 13.0. The first kappa shape index (κ1) is 20.2. The molecule has 0 aliphatic heterocycles. The average molecular weight is 383 g/mol. The third kappa shape index (κ3) is 4.56. The second-order valence-electron chi connectivity index (χ2n) is 5.60. The highest BCUT2D eigenvalue weighted by molar-refractivity contribution is 6.15. The van der Waals surface area contributed by atoms with E-state index < -0.39 is 40.4 Å². The number of alkyl halides is 6. The molecule has 8 heteroatoms. The van der Waals surface area contributed by atoms with Crippen LogP contribution in [0.5, 0.6) is 0 Å². The quantitative estimate of drug-likeness (QED) is 0.286. The lowest BCUT2D eigenvalue weighted by molar-refractivity contribution is -0.143. The predicted molar refractivity (Wildman–Crippen MR) is 85.4 cm³/mol. The minimum atomic E-state index is -5.02. The number of halogens is 6. The summed E-state index contributed by atoms with van der Waals surface area (Å²) >= 11 is 0. The summed E-state index contributed by atoms with van der Waals surface area (Å²) in [4.78, 5) is 12.4. The standard InChI is InChI=1S/C19H11F6NO/c1-11(16(10-26)17(27)12-5-3-2-4-6-12)13-7-14(18(20,21)22)9-15(8-13)19(23,24)25/h2-9H,1H3/b16-11-. The number of nitrogens with zero attached hydrogens (tertiary/aromatic N) is 1. The zero-order chi connectivity index (χ0) is 20.4. The Morgan fingerprint density at radius 3 is 1.74 bits per heavy atom. The molecule has 2 rings (SSSR count). The van der Waals surface area contributed by atoms with E-state index in [4.69, 9.17) is 0 Å². The monoisotopic (exact) mass is 383 g/mol. The molecule has 0 N–H and O–H groups in total. The molecule has 0 aromatic heterocycles. The van der Waals surface area contributed by atoms with Crippen LogP contribution in [0.2, 0.25) is 0 Å². The third-order valence-electron chi connectivity index (χ3n) is 3.77. The lowest BCUT2D eigenvalue weighted by Gasteiger charge is -2.15. The Labute approximate surface area is 150 Å².